The van der Waals surface area contributed by atoms with Crippen LogP contribution in [0.1, 0.15) is 12.5 Å². The zero-order valence-corrected chi connectivity index (χ0v) is 17.2. The van der Waals surface area contributed by atoms with Crippen molar-refractivity contribution in [2.24, 2.45) is 4.99 Å². The Morgan fingerprint density at radius 3 is 2.48 bits per heavy atom. The number of fused-ring (bicyclic) bond motifs is 1. The van der Waals surface area contributed by atoms with E-state index in [2.05, 4.69) is 9.98 Å². The molecule has 0 bridgehead atoms. The Labute approximate surface area is 179 Å². The van der Waals surface area contributed by atoms with Crippen LogP contribution in [0.2, 0.25) is 0 Å². The molecule has 152 valence electrons. The molecule has 1 aliphatic rings. The molecule has 4 aromatic rings. The van der Waals surface area contributed by atoms with Crippen LogP contribution in [0.25, 0.3) is 28.5 Å². The van der Waals surface area contributed by atoms with E-state index in [1.807, 2.05) is 79.7 Å². The largest absolute Gasteiger partial charge is 0.497 e. The lowest BCUT2D eigenvalue weighted by molar-refractivity contribution is -0.113. The summed E-state index contributed by atoms with van der Waals surface area (Å²) in [4.78, 5) is 27.5. The van der Waals surface area contributed by atoms with Crippen molar-refractivity contribution in [3.63, 3.8) is 0 Å². The summed E-state index contributed by atoms with van der Waals surface area (Å²) >= 11 is 0. The number of nitrogens with zero attached hydrogens (tertiary/aromatic N) is 3. The van der Waals surface area contributed by atoms with Gasteiger partial charge in [-0.2, -0.15) is 0 Å². The summed E-state index contributed by atoms with van der Waals surface area (Å²) < 4.78 is 5.20. The fraction of sp³-hybridized carbons (Fsp3) is 0.0800. The lowest BCUT2D eigenvalue weighted by Gasteiger charge is -2.19. The van der Waals surface area contributed by atoms with Crippen LogP contribution >= 0.6 is 0 Å². The Hall–Kier alpha value is -4.19. The zero-order valence-electron chi connectivity index (χ0n) is 17.2. The third-order valence-electron chi connectivity index (χ3n) is 5.24. The molecule has 0 aliphatic carbocycles. The highest BCUT2D eigenvalue weighted by Gasteiger charge is 2.31. The van der Waals surface area contributed by atoms with E-state index in [0.717, 1.165) is 33.6 Å². The number of hydrogen-bond acceptors (Lipinski definition) is 4. The number of para-hydroxylation sites is 3. The molecule has 6 nitrogen and oxygen atoms in total. The van der Waals surface area contributed by atoms with Gasteiger partial charge < -0.3 is 9.72 Å². The number of amidine groups is 1. The summed E-state index contributed by atoms with van der Waals surface area (Å²) in [7, 11) is 1.62. The summed E-state index contributed by atoms with van der Waals surface area (Å²) in [6, 6.07) is 23.1. The Balaban J connectivity index is 1.53. The quantitative estimate of drug-likeness (QED) is 0.481. The normalized spacial score (nSPS) is 15.0. The van der Waals surface area contributed by atoms with Crippen LogP contribution in [0.15, 0.2) is 83.5 Å². The minimum absolute atomic E-state index is 0.170. The van der Waals surface area contributed by atoms with E-state index >= 15 is 0 Å². The maximum absolute atomic E-state index is 13.3. The molecule has 0 radical (unpaired) electrons. The predicted molar refractivity (Wildman–Crippen MR) is 123 cm³/mol. The van der Waals surface area contributed by atoms with Gasteiger partial charge in [-0.25, -0.2) is 9.98 Å². The van der Waals surface area contributed by atoms with Crippen LogP contribution in [0, 0.1) is 0 Å². The second-order valence-electron chi connectivity index (χ2n) is 7.22. The van der Waals surface area contributed by atoms with Crippen molar-refractivity contribution in [1.82, 2.24) is 9.97 Å². The van der Waals surface area contributed by atoms with E-state index in [4.69, 9.17) is 9.72 Å². The van der Waals surface area contributed by atoms with E-state index in [-0.39, 0.29) is 5.91 Å². The third kappa shape index (κ3) is 3.38. The smallest absolute Gasteiger partial charge is 0.282 e. The molecule has 0 saturated heterocycles. The lowest BCUT2D eigenvalue weighted by Crippen LogP contribution is -2.30. The number of benzene rings is 3. The number of H-pyrrole nitrogens is 1. The van der Waals surface area contributed by atoms with Gasteiger partial charge in [0.2, 0.25) is 0 Å². The van der Waals surface area contributed by atoms with Crippen molar-refractivity contribution in [2.45, 2.75) is 6.92 Å². The average molecular weight is 408 g/mol. The topological polar surface area (TPSA) is 70.6 Å². The number of carbonyl (C=O) groups is 1. The van der Waals surface area contributed by atoms with Crippen LogP contribution < -0.4 is 9.64 Å². The highest BCUT2D eigenvalue weighted by molar-refractivity contribution is 6.29. The molecule has 5 rings (SSSR count). The molecule has 0 atom stereocenters. The van der Waals surface area contributed by atoms with Crippen LogP contribution in [0.4, 0.5) is 5.69 Å². The van der Waals surface area contributed by atoms with Crippen molar-refractivity contribution >= 4 is 34.5 Å². The van der Waals surface area contributed by atoms with Crippen molar-refractivity contribution in [3.05, 3.63) is 84.1 Å². The molecule has 31 heavy (non-hydrogen) atoms. The van der Waals surface area contributed by atoms with Gasteiger partial charge in [-0.1, -0.05) is 36.4 Å². The molecular formula is C25H20N4O2. The summed E-state index contributed by atoms with van der Waals surface area (Å²) in [6.07, 6.45) is 1.79. The number of nitrogens with one attached hydrogen (secondary N) is 1. The van der Waals surface area contributed by atoms with Gasteiger partial charge in [0, 0.05) is 5.56 Å². The van der Waals surface area contributed by atoms with Crippen molar-refractivity contribution in [3.8, 4) is 17.1 Å². The summed E-state index contributed by atoms with van der Waals surface area (Å²) in [5, 5.41) is 0. The number of aromatic amines is 1. The van der Waals surface area contributed by atoms with Gasteiger partial charge in [-0.05, 0) is 55.0 Å². The van der Waals surface area contributed by atoms with Gasteiger partial charge in [-0.15, -0.1) is 0 Å². The third-order valence-corrected chi connectivity index (χ3v) is 5.24. The van der Waals surface area contributed by atoms with Gasteiger partial charge in [0.05, 0.1) is 23.8 Å². The number of hydrogen-bond donors (Lipinski definition) is 1. The van der Waals surface area contributed by atoms with E-state index < -0.39 is 0 Å². The monoisotopic (exact) mass is 408 g/mol. The number of imidazole rings is 1. The van der Waals surface area contributed by atoms with Gasteiger partial charge in [0.15, 0.2) is 0 Å². The minimum Gasteiger partial charge on any atom is -0.497 e. The first-order chi connectivity index (χ1) is 15.1. The number of rotatable bonds is 4. The number of aliphatic imine (C=N–C) groups is 1. The number of carbonyl (C=O) groups excluding carboxylic acids is 1. The fourth-order valence-electron chi connectivity index (χ4n) is 3.72. The number of methoxy groups -OCH3 is 1. The highest BCUT2D eigenvalue weighted by atomic mass is 16.5. The molecule has 1 aliphatic heterocycles. The molecule has 0 saturated carbocycles. The molecule has 6 heteroatoms. The average Bonchev–Trinajstić information content (AvgIpc) is 3.35. The lowest BCUT2D eigenvalue weighted by atomic mass is 10.1. The SMILES string of the molecule is COc1ccc(C=C2N=C(C)N(c3ccccc3-c3nc4ccccc4[nH]3)C2=O)cc1. The van der Waals surface area contributed by atoms with Crippen LogP contribution in [-0.4, -0.2) is 28.8 Å². The standard InChI is InChI=1S/C25H20N4O2/c1-16-26-22(15-17-11-13-18(31-2)14-12-17)25(30)29(16)23-10-6-3-7-19(23)24-27-20-8-4-5-9-21(20)28-24/h3-15H,1-2H3,(H,27,28). The highest BCUT2D eigenvalue weighted by Crippen LogP contribution is 2.34. The van der Waals surface area contributed by atoms with Gasteiger partial charge in [0.25, 0.3) is 5.91 Å². The molecule has 3 aromatic carbocycles. The minimum atomic E-state index is -0.170. The van der Waals surface area contributed by atoms with Crippen LogP contribution in [0.3, 0.4) is 0 Å². The second-order valence-corrected chi connectivity index (χ2v) is 7.22. The molecule has 1 amide bonds. The van der Waals surface area contributed by atoms with Gasteiger partial charge >= 0.3 is 0 Å². The van der Waals surface area contributed by atoms with E-state index in [9.17, 15) is 4.79 Å². The number of anilines is 1. The summed E-state index contributed by atoms with van der Waals surface area (Å²) in [6.45, 7) is 1.84. The van der Waals surface area contributed by atoms with Crippen molar-refractivity contribution < 1.29 is 9.53 Å². The number of amides is 1. The first-order valence-electron chi connectivity index (χ1n) is 9.94. The predicted octanol–water partition coefficient (Wildman–Crippen LogP) is 5.04. The Morgan fingerprint density at radius 2 is 1.71 bits per heavy atom. The second kappa shape index (κ2) is 7.57. The summed E-state index contributed by atoms with van der Waals surface area (Å²) in [5.41, 5.74) is 4.68. The van der Waals surface area contributed by atoms with Gasteiger partial charge in [-0.3, -0.25) is 9.69 Å². The van der Waals surface area contributed by atoms with Gasteiger partial charge in [0.1, 0.15) is 23.1 Å². The first kappa shape index (κ1) is 18.8. The molecule has 0 fully saturated rings. The molecule has 1 N–H and O–H groups in total. The van der Waals surface area contributed by atoms with E-state index in [1.54, 1.807) is 18.1 Å². The van der Waals surface area contributed by atoms with Crippen LogP contribution in [0.5, 0.6) is 5.75 Å². The van der Waals surface area contributed by atoms with Crippen molar-refractivity contribution in [2.75, 3.05) is 12.0 Å². The first-order valence-corrected chi connectivity index (χ1v) is 9.94. The summed E-state index contributed by atoms with van der Waals surface area (Å²) in [5.74, 6) is 1.93. The molecule has 0 unspecified atom stereocenters. The molecule has 2 heterocycles. The molecular weight excluding hydrogens is 388 g/mol. The fourth-order valence-corrected chi connectivity index (χ4v) is 3.72. The van der Waals surface area contributed by atoms with E-state index in [1.165, 1.54) is 0 Å². The Kier molecular flexibility index (Phi) is 4.59. The Bertz CT molecular complexity index is 1320. The number of ether oxygens (including phenoxy) is 1. The van der Waals surface area contributed by atoms with E-state index in [0.29, 0.717) is 17.4 Å². The van der Waals surface area contributed by atoms with Crippen LogP contribution in [-0.2, 0) is 4.79 Å². The maximum Gasteiger partial charge on any atom is 0.282 e. The number of aromatic nitrogens is 2. The molecule has 1 aromatic heterocycles. The Morgan fingerprint density at radius 1 is 0.968 bits per heavy atom. The zero-order chi connectivity index (χ0) is 21.4. The molecule has 0 spiro atoms. The maximum atomic E-state index is 13.3. The van der Waals surface area contributed by atoms with Crippen molar-refractivity contribution in [1.29, 1.82) is 0 Å².